The summed E-state index contributed by atoms with van der Waals surface area (Å²) in [4.78, 5) is 13.9. The van der Waals surface area contributed by atoms with Crippen LogP contribution in [0.1, 0.15) is 17.5 Å². The van der Waals surface area contributed by atoms with Crippen LogP contribution < -0.4 is 10.1 Å². The Bertz CT molecular complexity index is 721. The zero-order valence-corrected chi connectivity index (χ0v) is 15.1. The van der Waals surface area contributed by atoms with Crippen LogP contribution in [0.25, 0.3) is 0 Å². The van der Waals surface area contributed by atoms with E-state index in [-0.39, 0.29) is 30.3 Å². The first-order valence-electron chi connectivity index (χ1n) is 8.66. The molecule has 0 saturated heterocycles. The monoisotopic (exact) mass is 380 g/mol. The molecule has 0 radical (unpaired) electrons. The molecule has 0 aliphatic heterocycles. The molecule has 1 N–H and O–H groups in total. The number of amides is 1. The summed E-state index contributed by atoms with van der Waals surface area (Å²) >= 11 is 0. The first kappa shape index (κ1) is 20.8. The van der Waals surface area contributed by atoms with Gasteiger partial charge < -0.3 is 10.1 Å². The van der Waals surface area contributed by atoms with Crippen molar-refractivity contribution in [2.24, 2.45) is 0 Å². The molecule has 0 aromatic heterocycles. The lowest BCUT2D eigenvalue weighted by Gasteiger charge is -2.17. The molecule has 0 atom stereocenters. The lowest BCUT2D eigenvalue weighted by molar-refractivity contribution is -0.274. The van der Waals surface area contributed by atoms with Crippen LogP contribution in [0.3, 0.4) is 0 Å². The van der Waals surface area contributed by atoms with E-state index in [1.165, 1.54) is 23.8 Å². The number of benzene rings is 2. The number of halogens is 3. The fourth-order valence-corrected chi connectivity index (χ4v) is 2.65. The largest absolute Gasteiger partial charge is 0.573 e. The second-order valence-electron chi connectivity index (χ2n) is 6.26. The Morgan fingerprint density at radius 2 is 1.74 bits per heavy atom. The van der Waals surface area contributed by atoms with Gasteiger partial charge in [-0.05, 0) is 38.1 Å². The van der Waals surface area contributed by atoms with E-state index in [0.29, 0.717) is 0 Å². The Kier molecular flexibility index (Phi) is 7.67. The fourth-order valence-electron chi connectivity index (χ4n) is 2.65. The van der Waals surface area contributed by atoms with Gasteiger partial charge in [0.15, 0.2) is 0 Å². The topological polar surface area (TPSA) is 41.6 Å². The minimum atomic E-state index is -4.76. The lowest BCUT2D eigenvalue weighted by Crippen LogP contribution is -2.35. The number of carbonyl (C=O) groups excluding carboxylic acids is 1. The molecule has 0 spiro atoms. The molecule has 7 heteroatoms. The van der Waals surface area contributed by atoms with Crippen molar-refractivity contribution in [1.29, 1.82) is 0 Å². The van der Waals surface area contributed by atoms with Crippen molar-refractivity contribution < 1.29 is 22.7 Å². The smallest absolute Gasteiger partial charge is 0.405 e. The lowest BCUT2D eigenvalue weighted by atomic mass is 10.1. The molecule has 0 aliphatic rings. The molecular formula is C20H23F3N2O2. The second-order valence-corrected chi connectivity index (χ2v) is 6.26. The summed E-state index contributed by atoms with van der Waals surface area (Å²) in [5, 5.41) is 2.64. The van der Waals surface area contributed by atoms with Crippen LogP contribution in [0.4, 0.5) is 13.2 Å². The van der Waals surface area contributed by atoms with Gasteiger partial charge in [0.05, 0.1) is 6.54 Å². The van der Waals surface area contributed by atoms with Crippen LogP contribution >= 0.6 is 0 Å². The average Bonchev–Trinajstić information content (AvgIpc) is 2.60. The summed E-state index contributed by atoms with van der Waals surface area (Å²) in [5.74, 6) is -0.555. The van der Waals surface area contributed by atoms with Crippen LogP contribution in [0.5, 0.6) is 5.75 Å². The number of likely N-dealkylation sites (N-methyl/N-ethyl adjacent to an activating group) is 1. The van der Waals surface area contributed by atoms with E-state index in [0.717, 1.165) is 19.4 Å². The number of carbonyl (C=O) groups is 1. The maximum atomic E-state index is 12.4. The number of rotatable bonds is 9. The molecule has 2 aromatic rings. The number of aryl methyl sites for hydroxylation is 1. The maximum Gasteiger partial charge on any atom is 0.573 e. The number of para-hydroxylation sites is 1. The fraction of sp³-hybridized carbons (Fsp3) is 0.350. The van der Waals surface area contributed by atoms with Gasteiger partial charge in [0.25, 0.3) is 0 Å². The van der Waals surface area contributed by atoms with Crippen LogP contribution in [0.2, 0.25) is 0 Å². The molecule has 27 heavy (non-hydrogen) atoms. The van der Waals surface area contributed by atoms with Crippen molar-refractivity contribution in [3.05, 3.63) is 65.7 Å². The van der Waals surface area contributed by atoms with Gasteiger partial charge in [-0.25, -0.2) is 0 Å². The van der Waals surface area contributed by atoms with Crippen LogP contribution in [0.15, 0.2) is 54.6 Å². The Hall–Kier alpha value is -2.54. The third-order valence-electron chi connectivity index (χ3n) is 3.94. The predicted octanol–water partition coefficient (Wildman–Crippen LogP) is 3.77. The van der Waals surface area contributed by atoms with E-state index in [2.05, 4.69) is 22.2 Å². The van der Waals surface area contributed by atoms with Gasteiger partial charge in [-0.15, -0.1) is 13.2 Å². The molecule has 4 nitrogen and oxygen atoms in total. The molecule has 1 amide bonds. The van der Waals surface area contributed by atoms with Crippen molar-refractivity contribution in [2.45, 2.75) is 25.7 Å². The van der Waals surface area contributed by atoms with Crippen molar-refractivity contribution in [1.82, 2.24) is 10.2 Å². The first-order chi connectivity index (χ1) is 12.8. The Morgan fingerprint density at radius 3 is 2.44 bits per heavy atom. The molecule has 0 bridgehead atoms. The predicted molar refractivity (Wildman–Crippen MR) is 97.2 cm³/mol. The summed E-state index contributed by atoms with van der Waals surface area (Å²) in [6, 6.07) is 15.8. The second kappa shape index (κ2) is 9.97. The normalized spacial score (nSPS) is 11.4. The maximum absolute atomic E-state index is 12.4. The van der Waals surface area contributed by atoms with Gasteiger partial charge in [-0.3, -0.25) is 9.69 Å². The average molecular weight is 380 g/mol. The number of nitrogens with one attached hydrogen (secondary N) is 1. The summed E-state index contributed by atoms with van der Waals surface area (Å²) in [6.07, 6.45) is -2.93. The number of hydrogen-bond acceptors (Lipinski definition) is 3. The van der Waals surface area contributed by atoms with Crippen molar-refractivity contribution in [3.8, 4) is 5.75 Å². The van der Waals surface area contributed by atoms with E-state index in [9.17, 15) is 18.0 Å². The Labute approximate surface area is 156 Å². The van der Waals surface area contributed by atoms with Crippen LogP contribution in [0, 0.1) is 0 Å². The quantitative estimate of drug-likeness (QED) is 0.720. The first-order valence-corrected chi connectivity index (χ1v) is 8.66. The van der Waals surface area contributed by atoms with Crippen molar-refractivity contribution in [2.75, 3.05) is 20.1 Å². The Morgan fingerprint density at radius 1 is 1.07 bits per heavy atom. The van der Waals surface area contributed by atoms with E-state index in [1.54, 1.807) is 6.07 Å². The number of nitrogens with zero attached hydrogens (tertiary/aromatic N) is 1. The molecule has 0 saturated carbocycles. The summed E-state index contributed by atoms with van der Waals surface area (Å²) in [5.41, 5.74) is 1.52. The molecule has 0 unspecified atom stereocenters. The zero-order valence-electron chi connectivity index (χ0n) is 15.1. The van der Waals surface area contributed by atoms with Gasteiger partial charge in [-0.2, -0.15) is 0 Å². The molecular weight excluding hydrogens is 357 g/mol. The summed E-state index contributed by atoms with van der Waals surface area (Å²) < 4.78 is 41.2. The van der Waals surface area contributed by atoms with Gasteiger partial charge in [0, 0.05) is 12.1 Å². The van der Waals surface area contributed by atoms with E-state index >= 15 is 0 Å². The highest BCUT2D eigenvalue weighted by Crippen LogP contribution is 2.26. The Balaban J connectivity index is 1.74. The number of ether oxygens (including phenoxy) is 1. The minimum absolute atomic E-state index is 0.0249. The summed E-state index contributed by atoms with van der Waals surface area (Å²) in [6.45, 7) is 0.899. The molecule has 0 fully saturated rings. The van der Waals surface area contributed by atoms with Gasteiger partial charge >= 0.3 is 6.36 Å². The highest BCUT2D eigenvalue weighted by molar-refractivity contribution is 5.78. The third-order valence-corrected chi connectivity index (χ3v) is 3.94. The number of hydrogen-bond donors (Lipinski definition) is 1. The SMILES string of the molecule is CN(CCCc1ccccc1)CC(=O)NCc1ccccc1OC(F)(F)F. The molecule has 2 rings (SSSR count). The highest BCUT2D eigenvalue weighted by atomic mass is 19.4. The number of alkyl halides is 3. The molecule has 2 aromatic carbocycles. The van der Waals surface area contributed by atoms with Gasteiger partial charge in [0.2, 0.25) is 5.91 Å². The minimum Gasteiger partial charge on any atom is -0.405 e. The zero-order chi connectivity index (χ0) is 19.7. The van der Waals surface area contributed by atoms with E-state index in [4.69, 9.17) is 0 Å². The van der Waals surface area contributed by atoms with Gasteiger partial charge in [0.1, 0.15) is 5.75 Å². The van der Waals surface area contributed by atoms with Crippen LogP contribution in [-0.4, -0.2) is 37.3 Å². The van der Waals surface area contributed by atoms with Crippen molar-refractivity contribution >= 4 is 5.91 Å². The summed E-state index contributed by atoms with van der Waals surface area (Å²) in [7, 11) is 1.84. The third kappa shape index (κ3) is 8.13. The van der Waals surface area contributed by atoms with Crippen LogP contribution in [-0.2, 0) is 17.8 Å². The molecule has 0 heterocycles. The van der Waals surface area contributed by atoms with Crippen molar-refractivity contribution in [3.63, 3.8) is 0 Å². The molecule has 0 aliphatic carbocycles. The molecule has 146 valence electrons. The van der Waals surface area contributed by atoms with E-state index < -0.39 is 6.36 Å². The van der Waals surface area contributed by atoms with Gasteiger partial charge in [-0.1, -0.05) is 48.5 Å². The highest BCUT2D eigenvalue weighted by Gasteiger charge is 2.31. The van der Waals surface area contributed by atoms with E-state index in [1.807, 2.05) is 30.1 Å². The standard InChI is InChI=1S/C20H23F3N2O2/c1-25(13-7-10-16-8-3-2-4-9-16)15-19(26)24-14-17-11-5-6-12-18(17)27-20(21,22)23/h2-6,8-9,11-12H,7,10,13-15H2,1H3,(H,24,26).